The molecule has 0 aliphatic carbocycles. The Labute approximate surface area is 156 Å². The summed E-state index contributed by atoms with van der Waals surface area (Å²) in [6.07, 6.45) is 0.805. The maximum Gasteiger partial charge on any atom is 0.325 e. The molecule has 0 radical (unpaired) electrons. The Morgan fingerprint density at radius 2 is 1.26 bits per heavy atom. The smallest absolute Gasteiger partial charge is 0.325 e. The van der Waals surface area contributed by atoms with Crippen LogP contribution in [-0.2, 0) is 6.54 Å². The molecule has 0 aliphatic rings. The summed E-state index contributed by atoms with van der Waals surface area (Å²) in [5.74, 6) is 0. The van der Waals surface area contributed by atoms with Crippen LogP contribution in [0.5, 0.6) is 18.0 Å². The van der Waals surface area contributed by atoms with E-state index in [4.69, 9.17) is 14.2 Å². The highest BCUT2D eigenvalue weighted by atomic mass is 16.5. The van der Waals surface area contributed by atoms with Gasteiger partial charge in [0, 0.05) is 28.4 Å². The summed E-state index contributed by atoms with van der Waals surface area (Å²) in [6, 6.07) is 17.4. The summed E-state index contributed by atoms with van der Waals surface area (Å²) >= 11 is 0. The van der Waals surface area contributed by atoms with Crippen molar-refractivity contribution in [2.75, 3.05) is 20.8 Å². The summed E-state index contributed by atoms with van der Waals surface area (Å²) < 4.78 is 18.1. The third-order valence-corrected chi connectivity index (χ3v) is 4.38. The first-order valence-electron chi connectivity index (χ1n) is 8.73. The molecule has 0 fully saturated rings. The van der Waals surface area contributed by atoms with Crippen molar-refractivity contribution in [2.24, 2.45) is 0 Å². The zero-order chi connectivity index (χ0) is 18.6. The highest BCUT2D eigenvalue weighted by molar-refractivity contribution is 6.07. The number of hydrogen-bond donors (Lipinski definition) is 0. The van der Waals surface area contributed by atoms with Crippen molar-refractivity contribution >= 4 is 21.8 Å². The molecule has 0 aliphatic heterocycles. The second kappa shape index (κ2) is 7.49. The Hall–Kier alpha value is -3.35. The van der Waals surface area contributed by atoms with Crippen LogP contribution in [0.25, 0.3) is 21.8 Å². The highest BCUT2D eigenvalue weighted by Crippen LogP contribution is 2.28. The van der Waals surface area contributed by atoms with Gasteiger partial charge in [0.1, 0.15) is 0 Å². The zero-order valence-corrected chi connectivity index (χ0v) is 15.3. The van der Waals surface area contributed by atoms with Crippen LogP contribution >= 0.6 is 0 Å². The van der Waals surface area contributed by atoms with Gasteiger partial charge in [-0.15, -0.1) is 15.0 Å². The summed E-state index contributed by atoms with van der Waals surface area (Å²) in [6.45, 7) is 1.30. The lowest BCUT2D eigenvalue weighted by atomic mass is 10.2. The van der Waals surface area contributed by atoms with E-state index < -0.39 is 0 Å². The Balaban J connectivity index is 1.50. The van der Waals surface area contributed by atoms with Crippen LogP contribution in [0.15, 0.2) is 48.5 Å². The van der Waals surface area contributed by atoms with Gasteiger partial charge in [-0.25, -0.2) is 0 Å². The summed E-state index contributed by atoms with van der Waals surface area (Å²) in [4.78, 5) is 12.1. The Kier molecular flexibility index (Phi) is 4.74. The van der Waals surface area contributed by atoms with E-state index in [1.54, 1.807) is 0 Å². The van der Waals surface area contributed by atoms with Gasteiger partial charge in [0.25, 0.3) is 0 Å². The molecule has 2 aromatic heterocycles. The van der Waals surface area contributed by atoms with E-state index >= 15 is 0 Å². The van der Waals surface area contributed by atoms with Crippen LogP contribution in [0.2, 0.25) is 0 Å². The van der Waals surface area contributed by atoms with Gasteiger partial charge in [-0.1, -0.05) is 36.4 Å². The standard InChI is InChI=1S/C20H20N4O3/c1-25-18-21-19(26-2)23-20(22-18)27-13-7-12-24-16-10-5-3-8-14(16)15-9-4-6-11-17(15)24/h3-6,8-11H,7,12-13H2,1-2H3. The number of methoxy groups -OCH3 is 2. The quantitative estimate of drug-likeness (QED) is 0.468. The largest absolute Gasteiger partial charge is 0.467 e. The second-order valence-electron chi connectivity index (χ2n) is 5.98. The van der Waals surface area contributed by atoms with Crippen LogP contribution in [-0.4, -0.2) is 40.3 Å². The first kappa shape index (κ1) is 17.1. The van der Waals surface area contributed by atoms with Gasteiger partial charge in [0.15, 0.2) is 0 Å². The predicted octanol–water partition coefficient (Wildman–Crippen LogP) is 3.47. The molecule has 4 aromatic rings. The topological polar surface area (TPSA) is 71.3 Å². The van der Waals surface area contributed by atoms with Gasteiger partial charge in [-0.2, -0.15) is 0 Å². The molecular formula is C20H20N4O3. The van der Waals surface area contributed by atoms with Crippen molar-refractivity contribution in [3.63, 3.8) is 0 Å². The van der Waals surface area contributed by atoms with Gasteiger partial charge in [-0.05, 0) is 18.6 Å². The van der Waals surface area contributed by atoms with Gasteiger partial charge in [-0.3, -0.25) is 0 Å². The average Bonchev–Trinajstić information content (AvgIpc) is 3.05. The molecule has 0 spiro atoms. The second-order valence-corrected chi connectivity index (χ2v) is 5.98. The van der Waals surface area contributed by atoms with Crippen LogP contribution < -0.4 is 14.2 Å². The lowest BCUT2D eigenvalue weighted by molar-refractivity contribution is 0.259. The summed E-state index contributed by atoms with van der Waals surface area (Å²) in [7, 11) is 2.97. The number of benzene rings is 2. The van der Waals surface area contributed by atoms with Gasteiger partial charge >= 0.3 is 18.0 Å². The minimum Gasteiger partial charge on any atom is -0.467 e. The van der Waals surface area contributed by atoms with E-state index in [0.717, 1.165) is 13.0 Å². The number of ether oxygens (including phenoxy) is 3. The monoisotopic (exact) mass is 364 g/mol. The summed E-state index contributed by atoms with van der Waals surface area (Å²) in [5, 5.41) is 2.53. The SMILES string of the molecule is COc1nc(OC)nc(OCCCn2c3ccccc3c3ccccc32)n1. The minimum atomic E-state index is 0.166. The number of hydrogen-bond acceptors (Lipinski definition) is 6. The normalized spacial score (nSPS) is 11.0. The number of aryl methyl sites for hydroxylation is 1. The molecule has 0 N–H and O–H groups in total. The highest BCUT2D eigenvalue weighted by Gasteiger charge is 2.10. The first-order valence-corrected chi connectivity index (χ1v) is 8.73. The van der Waals surface area contributed by atoms with Crippen molar-refractivity contribution < 1.29 is 14.2 Å². The molecule has 2 heterocycles. The van der Waals surface area contributed by atoms with E-state index in [1.165, 1.54) is 36.0 Å². The fourth-order valence-corrected chi connectivity index (χ4v) is 3.20. The van der Waals surface area contributed by atoms with Crippen molar-refractivity contribution in [1.29, 1.82) is 0 Å². The Morgan fingerprint density at radius 3 is 1.81 bits per heavy atom. The number of rotatable bonds is 7. The Bertz CT molecular complexity index is 1000. The molecule has 27 heavy (non-hydrogen) atoms. The number of nitrogens with zero attached hydrogens (tertiary/aromatic N) is 4. The molecule has 138 valence electrons. The van der Waals surface area contributed by atoms with E-state index in [9.17, 15) is 0 Å². The molecular weight excluding hydrogens is 344 g/mol. The van der Waals surface area contributed by atoms with E-state index in [2.05, 4.69) is 68.0 Å². The maximum absolute atomic E-state index is 5.68. The van der Waals surface area contributed by atoms with Crippen molar-refractivity contribution in [3.05, 3.63) is 48.5 Å². The molecule has 0 amide bonds. The van der Waals surface area contributed by atoms with Crippen molar-refractivity contribution in [3.8, 4) is 18.0 Å². The minimum absolute atomic E-state index is 0.166. The molecule has 0 bridgehead atoms. The molecule has 2 aromatic carbocycles. The van der Waals surface area contributed by atoms with E-state index in [1.807, 2.05) is 0 Å². The summed E-state index contributed by atoms with van der Waals surface area (Å²) in [5.41, 5.74) is 2.45. The molecule has 0 unspecified atom stereocenters. The van der Waals surface area contributed by atoms with Crippen LogP contribution in [0.3, 0.4) is 0 Å². The van der Waals surface area contributed by atoms with Gasteiger partial charge in [0.2, 0.25) is 0 Å². The predicted molar refractivity (Wildman–Crippen MR) is 102 cm³/mol. The lowest BCUT2D eigenvalue weighted by Crippen LogP contribution is -2.08. The van der Waals surface area contributed by atoms with Crippen LogP contribution in [0, 0.1) is 0 Å². The van der Waals surface area contributed by atoms with Gasteiger partial charge < -0.3 is 18.8 Å². The van der Waals surface area contributed by atoms with Crippen molar-refractivity contribution in [2.45, 2.75) is 13.0 Å². The zero-order valence-electron chi connectivity index (χ0n) is 15.3. The Morgan fingerprint density at radius 1 is 0.741 bits per heavy atom. The van der Waals surface area contributed by atoms with E-state index in [0.29, 0.717) is 6.61 Å². The van der Waals surface area contributed by atoms with Crippen LogP contribution in [0.1, 0.15) is 6.42 Å². The number of fused-ring (bicyclic) bond motifs is 3. The molecule has 0 atom stereocenters. The molecule has 0 saturated heterocycles. The van der Waals surface area contributed by atoms with E-state index in [-0.39, 0.29) is 18.0 Å². The molecule has 4 rings (SSSR count). The number of para-hydroxylation sites is 2. The fraction of sp³-hybridized carbons (Fsp3) is 0.250. The molecule has 7 nitrogen and oxygen atoms in total. The average molecular weight is 364 g/mol. The third kappa shape index (κ3) is 3.36. The van der Waals surface area contributed by atoms with Gasteiger partial charge in [0.05, 0.1) is 20.8 Å². The molecule has 7 heteroatoms. The first-order chi connectivity index (χ1) is 13.3. The number of aromatic nitrogens is 4. The fourth-order valence-electron chi connectivity index (χ4n) is 3.20. The molecule has 0 saturated carbocycles. The van der Waals surface area contributed by atoms with Crippen molar-refractivity contribution in [1.82, 2.24) is 19.5 Å². The third-order valence-electron chi connectivity index (χ3n) is 4.38. The van der Waals surface area contributed by atoms with Crippen LogP contribution in [0.4, 0.5) is 0 Å². The lowest BCUT2D eigenvalue weighted by Gasteiger charge is -2.09. The maximum atomic E-state index is 5.68.